The number of carbonyl (C=O) groups is 1. The van der Waals surface area contributed by atoms with Gasteiger partial charge < -0.3 is 0 Å². The first-order valence-corrected chi connectivity index (χ1v) is 4.00. The van der Waals surface area contributed by atoms with Crippen molar-refractivity contribution in [3.05, 3.63) is 12.2 Å². The van der Waals surface area contributed by atoms with Crippen LogP contribution in [-0.2, 0) is 4.79 Å². The van der Waals surface area contributed by atoms with Crippen LogP contribution in [0.4, 0.5) is 8.78 Å². The summed E-state index contributed by atoms with van der Waals surface area (Å²) >= 11 is 0. The Labute approximate surface area is 70.5 Å². The zero-order chi connectivity index (χ0) is 9.35. The van der Waals surface area contributed by atoms with Gasteiger partial charge in [0, 0.05) is 18.8 Å². The Kier molecular flexibility index (Phi) is 2.31. The minimum Gasteiger partial charge on any atom is -0.294 e. The minimum atomic E-state index is -2.63. The van der Waals surface area contributed by atoms with E-state index in [9.17, 15) is 13.6 Å². The monoisotopic (exact) mass is 174 g/mol. The molecule has 0 amide bonds. The molecule has 1 aliphatic rings. The first kappa shape index (κ1) is 9.36. The van der Waals surface area contributed by atoms with Crippen LogP contribution in [0, 0.1) is 5.92 Å². The van der Waals surface area contributed by atoms with Crippen LogP contribution in [0.3, 0.4) is 0 Å². The summed E-state index contributed by atoms with van der Waals surface area (Å²) in [5, 5.41) is 0. The number of carbonyl (C=O) groups excluding carboxylic acids is 1. The molecule has 1 nitrogen and oxygen atoms in total. The third-order valence-electron chi connectivity index (χ3n) is 2.20. The summed E-state index contributed by atoms with van der Waals surface area (Å²) in [5.41, 5.74) is 0.387. The molecule has 1 unspecified atom stereocenters. The second kappa shape index (κ2) is 2.96. The van der Waals surface area contributed by atoms with Crippen LogP contribution in [0.15, 0.2) is 12.2 Å². The maximum Gasteiger partial charge on any atom is 0.248 e. The van der Waals surface area contributed by atoms with Gasteiger partial charge in [-0.2, -0.15) is 0 Å². The first-order valence-electron chi connectivity index (χ1n) is 4.00. The van der Waals surface area contributed by atoms with E-state index >= 15 is 0 Å². The topological polar surface area (TPSA) is 17.1 Å². The second-order valence-corrected chi connectivity index (χ2v) is 3.44. The van der Waals surface area contributed by atoms with Crippen LogP contribution in [0.25, 0.3) is 0 Å². The highest BCUT2D eigenvalue weighted by Gasteiger charge is 2.42. The van der Waals surface area contributed by atoms with Gasteiger partial charge in [0.2, 0.25) is 5.92 Å². The van der Waals surface area contributed by atoms with E-state index < -0.39 is 11.8 Å². The molecule has 0 radical (unpaired) electrons. The lowest BCUT2D eigenvalue weighted by molar-refractivity contribution is -0.119. The van der Waals surface area contributed by atoms with Gasteiger partial charge in [-0.1, -0.05) is 6.58 Å². The van der Waals surface area contributed by atoms with Gasteiger partial charge in [-0.05, 0) is 18.9 Å². The SMILES string of the molecule is C=C(C)C(=O)C1CCC(F)(F)C1. The molecule has 3 heteroatoms. The van der Waals surface area contributed by atoms with Gasteiger partial charge in [0.15, 0.2) is 5.78 Å². The number of Topliss-reactive ketones (excluding diaryl/α,β-unsaturated/α-hetero) is 1. The molecule has 1 saturated carbocycles. The van der Waals surface area contributed by atoms with E-state index in [0.29, 0.717) is 12.0 Å². The molecule has 0 heterocycles. The Bertz CT molecular complexity index is 221. The van der Waals surface area contributed by atoms with Gasteiger partial charge in [-0.15, -0.1) is 0 Å². The smallest absolute Gasteiger partial charge is 0.248 e. The normalized spacial score (nSPS) is 27.1. The van der Waals surface area contributed by atoms with Crippen LogP contribution < -0.4 is 0 Å². The van der Waals surface area contributed by atoms with Gasteiger partial charge in [0.1, 0.15) is 0 Å². The molecule has 12 heavy (non-hydrogen) atoms. The van der Waals surface area contributed by atoms with Crippen LogP contribution in [0.2, 0.25) is 0 Å². The van der Waals surface area contributed by atoms with E-state index in [4.69, 9.17) is 0 Å². The van der Waals surface area contributed by atoms with E-state index in [1.54, 1.807) is 6.92 Å². The summed E-state index contributed by atoms with van der Waals surface area (Å²) in [4.78, 5) is 11.2. The lowest BCUT2D eigenvalue weighted by Crippen LogP contribution is -2.15. The highest BCUT2D eigenvalue weighted by Crippen LogP contribution is 2.39. The number of halogens is 2. The van der Waals surface area contributed by atoms with Crippen molar-refractivity contribution in [2.24, 2.45) is 5.92 Å². The van der Waals surface area contributed by atoms with Crippen LogP contribution >= 0.6 is 0 Å². The van der Waals surface area contributed by atoms with Crippen molar-refractivity contribution in [3.63, 3.8) is 0 Å². The van der Waals surface area contributed by atoms with Crippen LogP contribution in [-0.4, -0.2) is 11.7 Å². The fourth-order valence-electron chi connectivity index (χ4n) is 1.52. The third kappa shape index (κ3) is 1.90. The lowest BCUT2D eigenvalue weighted by Gasteiger charge is -2.08. The fraction of sp³-hybridized carbons (Fsp3) is 0.667. The van der Waals surface area contributed by atoms with Gasteiger partial charge in [-0.3, -0.25) is 4.79 Å². The lowest BCUT2D eigenvalue weighted by atomic mass is 9.98. The zero-order valence-corrected chi connectivity index (χ0v) is 7.07. The molecule has 0 aromatic heterocycles. The van der Waals surface area contributed by atoms with Crippen molar-refractivity contribution in [3.8, 4) is 0 Å². The van der Waals surface area contributed by atoms with Gasteiger partial charge in [-0.25, -0.2) is 8.78 Å². The molecule has 68 valence electrons. The van der Waals surface area contributed by atoms with Gasteiger partial charge in [0.05, 0.1) is 0 Å². The molecule has 0 saturated heterocycles. The molecule has 1 aliphatic carbocycles. The highest BCUT2D eigenvalue weighted by molar-refractivity contribution is 5.96. The van der Waals surface area contributed by atoms with Crippen LogP contribution in [0.5, 0.6) is 0 Å². The van der Waals surface area contributed by atoms with E-state index in [1.807, 2.05) is 0 Å². The molecular weight excluding hydrogens is 162 g/mol. The van der Waals surface area contributed by atoms with Crippen LogP contribution in [0.1, 0.15) is 26.2 Å². The Morgan fingerprint density at radius 2 is 2.17 bits per heavy atom. The number of hydrogen-bond acceptors (Lipinski definition) is 1. The molecular formula is C9H12F2O. The summed E-state index contributed by atoms with van der Waals surface area (Å²) in [7, 11) is 0. The van der Waals surface area contributed by atoms with Crippen molar-refractivity contribution in [2.45, 2.75) is 32.1 Å². The van der Waals surface area contributed by atoms with Crippen molar-refractivity contribution in [1.29, 1.82) is 0 Å². The van der Waals surface area contributed by atoms with Crippen molar-refractivity contribution in [2.75, 3.05) is 0 Å². The highest BCUT2D eigenvalue weighted by atomic mass is 19.3. The van der Waals surface area contributed by atoms with Crippen molar-refractivity contribution in [1.82, 2.24) is 0 Å². The number of hydrogen-bond donors (Lipinski definition) is 0. The molecule has 1 rings (SSSR count). The molecule has 0 aliphatic heterocycles. The molecule has 0 bridgehead atoms. The quantitative estimate of drug-likeness (QED) is 0.588. The predicted molar refractivity (Wildman–Crippen MR) is 42.1 cm³/mol. The Morgan fingerprint density at radius 1 is 1.58 bits per heavy atom. The standard InChI is InChI=1S/C9H12F2O/c1-6(2)8(12)7-3-4-9(10,11)5-7/h7H,1,3-5H2,2H3. The maximum atomic E-state index is 12.6. The van der Waals surface area contributed by atoms with E-state index in [-0.39, 0.29) is 18.6 Å². The van der Waals surface area contributed by atoms with E-state index in [1.165, 1.54) is 0 Å². The summed E-state index contributed by atoms with van der Waals surface area (Å²) in [6.45, 7) is 5.02. The third-order valence-corrected chi connectivity index (χ3v) is 2.20. The summed E-state index contributed by atoms with van der Waals surface area (Å²) in [5.74, 6) is -3.32. The fourth-order valence-corrected chi connectivity index (χ4v) is 1.52. The minimum absolute atomic E-state index is 0.156. The molecule has 1 fully saturated rings. The number of alkyl halides is 2. The molecule has 0 aromatic carbocycles. The first-order chi connectivity index (χ1) is 5.42. The number of rotatable bonds is 2. The summed E-state index contributed by atoms with van der Waals surface area (Å²) in [6.07, 6.45) is -0.145. The van der Waals surface area contributed by atoms with Crippen molar-refractivity contribution >= 4 is 5.78 Å². The maximum absolute atomic E-state index is 12.6. The Balaban J connectivity index is 2.59. The average molecular weight is 174 g/mol. The van der Waals surface area contributed by atoms with E-state index in [2.05, 4.69) is 6.58 Å². The van der Waals surface area contributed by atoms with Gasteiger partial charge in [0.25, 0.3) is 0 Å². The van der Waals surface area contributed by atoms with Crippen molar-refractivity contribution < 1.29 is 13.6 Å². The van der Waals surface area contributed by atoms with E-state index in [0.717, 1.165) is 0 Å². The molecule has 0 spiro atoms. The summed E-state index contributed by atoms with van der Waals surface area (Å²) in [6, 6.07) is 0. The predicted octanol–water partition coefficient (Wildman–Crippen LogP) is 2.57. The second-order valence-electron chi connectivity index (χ2n) is 3.44. The summed E-state index contributed by atoms with van der Waals surface area (Å²) < 4.78 is 25.3. The zero-order valence-electron chi connectivity index (χ0n) is 7.07. The molecule has 0 aromatic rings. The average Bonchev–Trinajstić information content (AvgIpc) is 2.28. The number of allylic oxidation sites excluding steroid dienone is 1. The Hall–Kier alpha value is -0.730. The largest absolute Gasteiger partial charge is 0.294 e. The Morgan fingerprint density at radius 3 is 2.50 bits per heavy atom. The molecule has 0 N–H and O–H groups in total. The molecule has 1 atom stereocenters. The number of ketones is 1. The van der Waals surface area contributed by atoms with Gasteiger partial charge >= 0.3 is 0 Å².